The van der Waals surface area contributed by atoms with Crippen LogP contribution in [0.25, 0.3) is 5.76 Å². The molecule has 2 heterocycles. The minimum absolute atomic E-state index is 0.101. The van der Waals surface area contributed by atoms with Gasteiger partial charge in [0.2, 0.25) is 0 Å². The van der Waals surface area contributed by atoms with Gasteiger partial charge < -0.3 is 24.1 Å². The fraction of sp³-hybridized carbons (Fsp3) is 0.212. The maximum atomic E-state index is 13.6. The first-order chi connectivity index (χ1) is 21.2. The Morgan fingerprint density at radius 2 is 1.66 bits per heavy atom. The van der Waals surface area contributed by atoms with Crippen LogP contribution >= 0.6 is 11.3 Å². The first kappa shape index (κ1) is 30.3. The monoisotopic (exact) mass is 614 g/mol. The molecule has 0 aliphatic carbocycles. The van der Waals surface area contributed by atoms with Crippen LogP contribution in [-0.4, -0.2) is 49.1 Å². The van der Waals surface area contributed by atoms with E-state index in [1.807, 2.05) is 31.2 Å². The lowest BCUT2D eigenvalue weighted by atomic mass is 9.95. The second kappa shape index (κ2) is 12.6. The van der Waals surface area contributed by atoms with Crippen molar-refractivity contribution < 1.29 is 38.4 Å². The number of rotatable bonds is 9. The molecule has 226 valence electrons. The van der Waals surface area contributed by atoms with Crippen molar-refractivity contribution in [2.24, 2.45) is 0 Å². The van der Waals surface area contributed by atoms with Crippen molar-refractivity contribution in [2.75, 3.05) is 26.2 Å². The van der Waals surface area contributed by atoms with Crippen molar-refractivity contribution in [3.63, 3.8) is 0 Å². The maximum absolute atomic E-state index is 13.6. The number of nitrogens with zero attached hydrogens (tertiary/aromatic N) is 2. The number of Topliss-reactive ketones (excluding diaryl/α,β-unsaturated/α-hetero) is 1. The Hall–Kier alpha value is -5.16. The number of esters is 1. The van der Waals surface area contributed by atoms with Crippen LogP contribution in [0.5, 0.6) is 17.2 Å². The summed E-state index contributed by atoms with van der Waals surface area (Å²) >= 11 is 0.918. The fourth-order valence-corrected chi connectivity index (χ4v) is 5.94. The van der Waals surface area contributed by atoms with Gasteiger partial charge in [-0.25, -0.2) is 9.78 Å². The maximum Gasteiger partial charge on any atom is 0.350 e. The van der Waals surface area contributed by atoms with Crippen molar-refractivity contribution in [1.82, 2.24) is 4.98 Å². The predicted octanol–water partition coefficient (Wildman–Crippen LogP) is 5.77. The van der Waals surface area contributed by atoms with E-state index in [9.17, 15) is 19.5 Å². The molecule has 10 nitrogen and oxygen atoms in total. The molecule has 1 aliphatic heterocycles. The van der Waals surface area contributed by atoms with Crippen LogP contribution < -0.4 is 19.1 Å². The number of aliphatic hydroxyl groups is 1. The number of thiazole rings is 1. The van der Waals surface area contributed by atoms with E-state index in [1.165, 1.54) is 26.2 Å². The SMILES string of the molecule is COC(=O)c1sc(N2C(=O)C(=O)C(=C(O)c3ccc(OCc4ccccc4C)cc3)C2c2ccc(OC)c(OC)c2)nc1C. The van der Waals surface area contributed by atoms with Crippen molar-refractivity contribution in [2.45, 2.75) is 26.5 Å². The number of carbonyl (C=O) groups excluding carboxylic acids is 3. The van der Waals surface area contributed by atoms with Gasteiger partial charge in [-0.2, -0.15) is 0 Å². The highest BCUT2D eigenvalue weighted by molar-refractivity contribution is 7.17. The van der Waals surface area contributed by atoms with Crippen LogP contribution in [-0.2, 0) is 20.9 Å². The van der Waals surface area contributed by atoms with Crippen LogP contribution in [0.3, 0.4) is 0 Å². The lowest BCUT2D eigenvalue weighted by molar-refractivity contribution is -0.132. The van der Waals surface area contributed by atoms with Gasteiger partial charge in [0, 0.05) is 5.56 Å². The van der Waals surface area contributed by atoms with E-state index in [4.69, 9.17) is 18.9 Å². The first-order valence-electron chi connectivity index (χ1n) is 13.5. The molecule has 1 N–H and O–H groups in total. The first-order valence-corrected chi connectivity index (χ1v) is 14.4. The predicted molar refractivity (Wildman–Crippen MR) is 164 cm³/mol. The molecule has 1 saturated heterocycles. The fourth-order valence-electron chi connectivity index (χ4n) is 4.93. The molecular weight excluding hydrogens is 584 g/mol. The number of aryl methyl sites for hydroxylation is 2. The molecule has 11 heteroatoms. The molecule has 5 rings (SSSR count). The lowest BCUT2D eigenvalue weighted by Crippen LogP contribution is -2.29. The number of aromatic nitrogens is 1. The highest BCUT2D eigenvalue weighted by Crippen LogP contribution is 2.45. The van der Waals surface area contributed by atoms with Gasteiger partial charge in [-0.15, -0.1) is 0 Å². The number of ketones is 1. The molecule has 0 bridgehead atoms. The van der Waals surface area contributed by atoms with Gasteiger partial charge in [-0.3, -0.25) is 14.5 Å². The van der Waals surface area contributed by atoms with E-state index in [0.717, 1.165) is 22.5 Å². The van der Waals surface area contributed by atoms with Crippen molar-refractivity contribution >= 4 is 39.9 Å². The molecule has 44 heavy (non-hydrogen) atoms. The number of amides is 1. The molecule has 1 aliphatic rings. The zero-order valence-electron chi connectivity index (χ0n) is 24.7. The summed E-state index contributed by atoms with van der Waals surface area (Å²) in [6.45, 7) is 3.98. The zero-order chi connectivity index (χ0) is 31.5. The molecule has 1 fully saturated rings. The Morgan fingerprint density at radius 1 is 0.955 bits per heavy atom. The van der Waals surface area contributed by atoms with E-state index in [2.05, 4.69) is 4.98 Å². The Bertz CT molecular complexity index is 1780. The van der Waals surface area contributed by atoms with Crippen LogP contribution in [0.15, 0.2) is 72.3 Å². The van der Waals surface area contributed by atoms with E-state index in [1.54, 1.807) is 49.4 Å². The number of hydrogen-bond acceptors (Lipinski definition) is 10. The quantitative estimate of drug-likeness (QED) is 0.108. The van der Waals surface area contributed by atoms with E-state index >= 15 is 0 Å². The average Bonchev–Trinajstić information content (AvgIpc) is 3.55. The zero-order valence-corrected chi connectivity index (χ0v) is 25.6. The summed E-state index contributed by atoms with van der Waals surface area (Å²) in [4.78, 5) is 45.3. The second-order valence-corrected chi connectivity index (χ2v) is 10.9. The molecule has 1 unspecified atom stereocenters. The van der Waals surface area contributed by atoms with Crippen molar-refractivity contribution in [3.05, 3.63) is 105 Å². The molecule has 0 saturated carbocycles. The van der Waals surface area contributed by atoms with Gasteiger partial charge in [-0.05, 0) is 66.9 Å². The number of benzene rings is 3. The summed E-state index contributed by atoms with van der Waals surface area (Å²) in [6, 6.07) is 18.3. The van der Waals surface area contributed by atoms with E-state index in [-0.39, 0.29) is 21.3 Å². The van der Waals surface area contributed by atoms with Gasteiger partial charge >= 0.3 is 11.9 Å². The lowest BCUT2D eigenvalue weighted by Gasteiger charge is -2.23. The Balaban J connectivity index is 1.58. The minimum Gasteiger partial charge on any atom is -0.507 e. The van der Waals surface area contributed by atoms with Crippen LogP contribution in [0.1, 0.15) is 43.7 Å². The smallest absolute Gasteiger partial charge is 0.350 e. The Morgan fingerprint density at radius 3 is 2.32 bits per heavy atom. The third-order valence-electron chi connectivity index (χ3n) is 7.31. The highest BCUT2D eigenvalue weighted by atomic mass is 32.1. The number of hydrogen-bond donors (Lipinski definition) is 1. The van der Waals surface area contributed by atoms with E-state index < -0.39 is 23.7 Å². The molecule has 1 atom stereocenters. The van der Waals surface area contributed by atoms with Gasteiger partial charge in [0.15, 0.2) is 16.6 Å². The highest BCUT2D eigenvalue weighted by Gasteiger charge is 2.48. The largest absolute Gasteiger partial charge is 0.507 e. The van der Waals surface area contributed by atoms with Crippen LogP contribution in [0.2, 0.25) is 0 Å². The number of aliphatic hydroxyl groups excluding tert-OH is 1. The Labute approximate surface area is 258 Å². The summed E-state index contributed by atoms with van der Waals surface area (Å²) in [6.07, 6.45) is 0. The minimum atomic E-state index is -1.09. The average molecular weight is 615 g/mol. The normalized spacial score (nSPS) is 15.8. The third-order valence-corrected chi connectivity index (χ3v) is 8.45. The van der Waals surface area contributed by atoms with Crippen molar-refractivity contribution in [3.8, 4) is 17.2 Å². The molecular formula is C33H30N2O8S. The van der Waals surface area contributed by atoms with Gasteiger partial charge in [0.1, 0.15) is 23.0 Å². The van der Waals surface area contributed by atoms with Gasteiger partial charge in [-0.1, -0.05) is 41.7 Å². The topological polar surface area (TPSA) is 124 Å². The molecule has 4 aromatic rings. The van der Waals surface area contributed by atoms with Crippen LogP contribution in [0.4, 0.5) is 5.13 Å². The number of methoxy groups -OCH3 is 3. The summed E-state index contributed by atoms with van der Waals surface area (Å²) in [5, 5.41) is 11.6. The standard InChI is InChI=1S/C33H30N2O8S/c1-18-8-6-7-9-22(18)17-43-23-13-10-20(11-14-23)28(36)26-27(21-12-15-24(40-3)25(16-21)41-4)35(31(38)29(26)37)33-34-19(2)30(44-33)32(39)42-5/h6-16,27,36H,17H2,1-5H3. The number of carbonyl (C=O) groups is 3. The Kier molecular flexibility index (Phi) is 8.68. The van der Waals surface area contributed by atoms with Gasteiger partial charge in [0.05, 0.1) is 38.6 Å². The number of ether oxygens (including phenoxy) is 4. The molecule has 3 aromatic carbocycles. The van der Waals surface area contributed by atoms with Crippen LogP contribution in [0, 0.1) is 13.8 Å². The summed E-state index contributed by atoms with van der Waals surface area (Å²) in [5.41, 5.74) is 3.10. The molecule has 0 radical (unpaired) electrons. The summed E-state index contributed by atoms with van der Waals surface area (Å²) in [7, 11) is 4.20. The molecule has 0 spiro atoms. The van der Waals surface area contributed by atoms with Crippen molar-refractivity contribution in [1.29, 1.82) is 0 Å². The second-order valence-electron chi connectivity index (χ2n) is 9.93. The molecule has 1 amide bonds. The summed E-state index contributed by atoms with van der Waals surface area (Å²) in [5.74, 6) is -1.45. The number of anilines is 1. The summed E-state index contributed by atoms with van der Waals surface area (Å²) < 4.78 is 21.6. The molecule has 1 aromatic heterocycles. The van der Waals surface area contributed by atoms with Gasteiger partial charge in [0.25, 0.3) is 5.78 Å². The third kappa shape index (κ3) is 5.61. The van der Waals surface area contributed by atoms with E-state index in [0.29, 0.717) is 40.7 Å².